The van der Waals surface area contributed by atoms with Crippen LogP contribution in [0.4, 0.5) is 0 Å². The summed E-state index contributed by atoms with van der Waals surface area (Å²) >= 11 is 0. The summed E-state index contributed by atoms with van der Waals surface area (Å²) in [6.07, 6.45) is 2.71. The molecule has 0 amide bonds. The standard InChI is InChI=1S/C13H17NO/c1-9(2)10-3-4-12-11(5-6-15)8-14-13(12)7-10/h3-4,7-9,14-15H,5-6H2,1-2H3. The first-order chi connectivity index (χ1) is 7.22. The van der Waals surface area contributed by atoms with E-state index in [-0.39, 0.29) is 6.61 Å². The van der Waals surface area contributed by atoms with Crippen LogP contribution in [0.5, 0.6) is 0 Å². The van der Waals surface area contributed by atoms with E-state index in [0.29, 0.717) is 5.92 Å². The van der Waals surface area contributed by atoms with Crippen molar-refractivity contribution in [3.63, 3.8) is 0 Å². The van der Waals surface area contributed by atoms with E-state index in [1.54, 1.807) is 0 Å². The molecule has 0 radical (unpaired) electrons. The van der Waals surface area contributed by atoms with E-state index in [4.69, 9.17) is 5.11 Å². The van der Waals surface area contributed by atoms with Crippen molar-refractivity contribution in [1.29, 1.82) is 0 Å². The van der Waals surface area contributed by atoms with Crippen molar-refractivity contribution in [2.45, 2.75) is 26.2 Å². The van der Waals surface area contributed by atoms with Crippen LogP contribution < -0.4 is 0 Å². The molecule has 0 saturated carbocycles. The minimum atomic E-state index is 0.207. The molecule has 0 unspecified atom stereocenters. The van der Waals surface area contributed by atoms with Crippen LogP contribution in [0, 0.1) is 0 Å². The van der Waals surface area contributed by atoms with E-state index in [1.165, 1.54) is 22.0 Å². The Labute approximate surface area is 89.9 Å². The van der Waals surface area contributed by atoms with Crippen LogP contribution in [0.1, 0.15) is 30.9 Å². The highest BCUT2D eigenvalue weighted by molar-refractivity contribution is 5.83. The summed E-state index contributed by atoms with van der Waals surface area (Å²) in [6, 6.07) is 6.51. The SMILES string of the molecule is CC(C)c1ccc2c(CCO)c[nH]c2c1. The second-order valence-corrected chi connectivity index (χ2v) is 4.25. The van der Waals surface area contributed by atoms with E-state index in [0.717, 1.165) is 6.42 Å². The first-order valence-corrected chi connectivity index (χ1v) is 5.43. The summed E-state index contributed by atoms with van der Waals surface area (Å²) in [5.41, 5.74) is 3.72. The zero-order valence-corrected chi connectivity index (χ0v) is 9.25. The quantitative estimate of drug-likeness (QED) is 0.790. The van der Waals surface area contributed by atoms with Crippen LogP contribution in [0.2, 0.25) is 0 Å². The molecule has 0 aliphatic heterocycles. The van der Waals surface area contributed by atoms with Gasteiger partial charge in [0.1, 0.15) is 0 Å². The van der Waals surface area contributed by atoms with Crippen LogP contribution in [0.3, 0.4) is 0 Å². The first kappa shape index (κ1) is 10.2. The van der Waals surface area contributed by atoms with Crippen molar-refractivity contribution in [1.82, 2.24) is 4.98 Å². The van der Waals surface area contributed by atoms with E-state index >= 15 is 0 Å². The lowest BCUT2D eigenvalue weighted by Gasteiger charge is -2.05. The fraction of sp³-hybridized carbons (Fsp3) is 0.385. The van der Waals surface area contributed by atoms with E-state index in [1.807, 2.05) is 6.20 Å². The lowest BCUT2D eigenvalue weighted by Crippen LogP contribution is -1.89. The summed E-state index contributed by atoms with van der Waals surface area (Å²) in [4.78, 5) is 3.26. The number of hydrogen-bond donors (Lipinski definition) is 2. The maximum absolute atomic E-state index is 8.93. The molecule has 15 heavy (non-hydrogen) atoms. The molecule has 2 N–H and O–H groups in total. The maximum atomic E-state index is 8.93. The second kappa shape index (κ2) is 4.07. The van der Waals surface area contributed by atoms with Gasteiger partial charge in [-0.2, -0.15) is 0 Å². The van der Waals surface area contributed by atoms with Crippen LogP contribution >= 0.6 is 0 Å². The van der Waals surface area contributed by atoms with Gasteiger partial charge in [0.2, 0.25) is 0 Å². The van der Waals surface area contributed by atoms with Gasteiger partial charge in [0.15, 0.2) is 0 Å². The highest BCUT2D eigenvalue weighted by atomic mass is 16.2. The number of aliphatic hydroxyl groups is 1. The molecule has 1 aromatic carbocycles. The zero-order valence-electron chi connectivity index (χ0n) is 9.25. The van der Waals surface area contributed by atoms with Gasteiger partial charge in [0.25, 0.3) is 0 Å². The molecule has 0 aliphatic carbocycles. The van der Waals surface area contributed by atoms with Gasteiger partial charge in [-0.25, -0.2) is 0 Å². The second-order valence-electron chi connectivity index (χ2n) is 4.25. The lowest BCUT2D eigenvalue weighted by molar-refractivity contribution is 0.300. The van der Waals surface area contributed by atoms with Gasteiger partial charge in [0.05, 0.1) is 0 Å². The van der Waals surface area contributed by atoms with Crippen LogP contribution in [0.15, 0.2) is 24.4 Å². The highest BCUT2D eigenvalue weighted by Crippen LogP contribution is 2.23. The predicted octanol–water partition coefficient (Wildman–Crippen LogP) is 2.83. The Hall–Kier alpha value is -1.28. The molecule has 1 heterocycles. The van der Waals surface area contributed by atoms with Crippen LogP contribution in [0.25, 0.3) is 10.9 Å². The monoisotopic (exact) mass is 203 g/mol. The molecule has 0 bridgehead atoms. The van der Waals surface area contributed by atoms with Gasteiger partial charge in [-0.3, -0.25) is 0 Å². The molecule has 1 aromatic heterocycles. The normalized spacial score (nSPS) is 11.5. The Morgan fingerprint density at radius 1 is 1.33 bits per heavy atom. The predicted molar refractivity (Wildman–Crippen MR) is 63.2 cm³/mol. The molecular formula is C13H17NO. The van der Waals surface area contributed by atoms with Gasteiger partial charge < -0.3 is 10.1 Å². The smallest absolute Gasteiger partial charge is 0.0472 e. The molecule has 2 aromatic rings. The summed E-state index contributed by atoms with van der Waals surface area (Å²) in [7, 11) is 0. The minimum Gasteiger partial charge on any atom is -0.396 e. The number of benzene rings is 1. The molecule has 2 heteroatoms. The first-order valence-electron chi connectivity index (χ1n) is 5.43. The number of rotatable bonds is 3. The van der Waals surface area contributed by atoms with Crippen molar-refractivity contribution < 1.29 is 5.11 Å². The Morgan fingerprint density at radius 2 is 2.13 bits per heavy atom. The van der Waals surface area contributed by atoms with E-state index in [9.17, 15) is 0 Å². The number of aliphatic hydroxyl groups excluding tert-OH is 1. The average molecular weight is 203 g/mol. The van der Waals surface area contributed by atoms with Crippen LogP contribution in [-0.2, 0) is 6.42 Å². The summed E-state index contributed by atoms with van der Waals surface area (Å²) in [5.74, 6) is 0.555. The molecule has 0 spiro atoms. The number of hydrogen-bond acceptors (Lipinski definition) is 1. The Morgan fingerprint density at radius 3 is 2.80 bits per heavy atom. The van der Waals surface area contributed by atoms with Crippen molar-refractivity contribution in [2.24, 2.45) is 0 Å². The Kier molecular flexibility index (Phi) is 2.78. The third kappa shape index (κ3) is 1.90. The summed E-state index contributed by atoms with van der Waals surface area (Å²) < 4.78 is 0. The van der Waals surface area contributed by atoms with Crippen molar-refractivity contribution in [3.8, 4) is 0 Å². The van der Waals surface area contributed by atoms with Crippen LogP contribution in [-0.4, -0.2) is 16.7 Å². The summed E-state index contributed by atoms with van der Waals surface area (Å²) in [6.45, 7) is 4.59. The minimum absolute atomic E-state index is 0.207. The van der Waals surface area contributed by atoms with Gasteiger partial charge in [0, 0.05) is 23.7 Å². The van der Waals surface area contributed by atoms with Gasteiger partial charge >= 0.3 is 0 Å². The number of aromatic amines is 1. The highest BCUT2D eigenvalue weighted by Gasteiger charge is 2.05. The Balaban J connectivity index is 2.47. The van der Waals surface area contributed by atoms with E-state index < -0.39 is 0 Å². The van der Waals surface area contributed by atoms with Crippen molar-refractivity contribution in [2.75, 3.05) is 6.61 Å². The fourth-order valence-corrected chi connectivity index (χ4v) is 1.89. The van der Waals surface area contributed by atoms with Crippen molar-refractivity contribution in [3.05, 3.63) is 35.5 Å². The van der Waals surface area contributed by atoms with E-state index in [2.05, 4.69) is 37.0 Å². The maximum Gasteiger partial charge on any atom is 0.0472 e. The Bertz CT molecular complexity index is 457. The molecule has 0 aliphatic rings. The number of nitrogens with one attached hydrogen (secondary N) is 1. The molecule has 2 rings (SSSR count). The molecule has 2 nitrogen and oxygen atoms in total. The van der Waals surface area contributed by atoms with Crippen molar-refractivity contribution >= 4 is 10.9 Å². The lowest BCUT2D eigenvalue weighted by atomic mass is 10.0. The molecule has 0 fully saturated rings. The molecule has 0 atom stereocenters. The number of H-pyrrole nitrogens is 1. The third-order valence-corrected chi connectivity index (χ3v) is 2.84. The van der Waals surface area contributed by atoms with Gasteiger partial charge in [-0.05, 0) is 29.5 Å². The molecule has 0 saturated heterocycles. The fourth-order valence-electron chi connectivity index (χ4n) is 1.89. The van der Waals surface area contributed by atoms with Gasteiger partial charge in [-0.15, -0.1) is 0 Å². The summed E-state index contributed by atoms with van der Waals surface area (Å²) in [5, 5.41) is 10.2. The molecule has 80 valence electrons. The van der Waals surface area contributed by atoms with Gasteiger partial charge in [-0.1, -0.05) is 26.0 Å². The number of aromatic nitrogens is 1. The topological polar surface area (TPSA) is 36.0 Å². The number of fused-ring (bicyclic) bond motifs is 1. The molecular weight excluding hydrogens is 186 g/mol. The zero-order chi connectivity index (χ0) is 10.8. The third-order valence-electron chi connectivity index (χ3n) is 2.84. The average Bonchev–Trinajstić information content (AvgIpc) is 2.61. The largest absolute Gasteiger partial charge is 0.396 e.